The molecule has 0 saturated heterocycles. The molecule has 0 saturated carbocycles. The lowest BCUT2D eigenvalue weighted by molar-refractivity contribution is 0.422. The topological polar surface area (TPSA) is 121 Å². The lowest BCUT2D eigenvalue weighted by atomic mass is 9.87. The zero-order chi connectivity index (χ0) is 22.0. The van der Waals surface area contributed by atoms with Gasteiger partial charge in [-0.1, -0.05) is 32.0 Å². The van der Waals surface area contributed by atoms with E-state index in [9.17, 15) is 30.6 Å². The number of hydrogen-bond acceptors (Lipinski definition) is 6. The van der Waals surface area contributed by atoms with Crippen molar-refractivity contribution >= 4 is 0 Å². The van der Waals surface area contributed by atoms with Crippen molar-refractivity contribution in [3.05, 3.63) is 70.8 Å². The van der Waals surface area contributed by atoms with Crippen molar-refractivity contribution in [1.82, 2.24) is 0 Å². The molecule has 6 heteroatoms. The molecular formula is C24H26O6. The van der Waals surface area contributed by atoms with Gasteiger partial charge in [-0.3, -0.25) is 0 Å². The Balaban J connectivity index is 1.87. The average molecular weight is 410 g/mol. The summed E-state index contributed by atoms with van der Waals surface area (Å²) in [5.41, 5.74) is 2.22. The van der Waals surface area contributed by atoms with Gasteiger partial charge in [0.05, 0.1) is 0 Å². The van der Waals surface area contributed by atoms with Gasteiger partial charge in [0, 0.05) is 17.7 Å². The van der Waals surface area contributed by atoms with Crippen LogP contribution in [0, 0.1) is 0 Å². The summed E-state index contributed by atoms with van der Waals surface area (Å²) < 4.78 is 0. The second-order valence-electron chi connectivity index (χ2n) is 7.77. The van der Waals surface area contributed by atoms with E-state index in [-0.39, 0.29) is 52.8 Å². The molecule has 158 valence electrons. The van der Waals surface area contributed by atoms with Crippen LogP contribution >= 0.6 is 0 Å². The first-order valence-electron chi connectivity index (χ1n) is 9.73. The Hall–Kier alpha value is -3.54. The van der Waals surface area contributed by atoms with Crippen LogP contribution < -0.4 is 0 Å². The minimum atomic E-state index is -0.228. The second-order valence-corrected chi connectivity index (χ2v) is 7.77. The third-order valence-electron chi connectivity index (χ3n) is 5.47. The van der Waals surface area contributed by atoms with Crippen molar-refractivity contribution in [2.75, 3.05) is 0 Å². The van der Waals surface area contributed by atoms with E-state index in [0.717, 1.165) is 0 Å². The molecule has 0 fully saturated rings. The van der Waals surface area contributed by atoms with Crippen LogP contribution in [0.3, 0.4) is 0 Å². The van der Waals surface area contributed by atoms with Gasteiger partial charge < -0.3 is 30.6 Å². The standard InChI is InChI=1S/C24H26O6/c1-13(9-15-3-4-16(25)11-22(15)28)19-7-8-21(27)20(24(19)30)10-14(2)18-6-5-17(26)12-23(18)29/h3-8,11-14,25-30H,9-10H2,1-2H3. The number of hydrogen-bond donors (Lipinski definition) is 6. The van der Waals surface area contributed by atoms with E-state index in [1.54, 1.807) is 18.2 Å². The monoisotopic (exact) mass is 410 g/mol. The normalized spacial score (nSPS) is 13.1. The van der Waals surface area contributed by atoms with E-state index in [4.69, 9.17) is 0 Å². The molecule has 0 aliphatic rings. The number of rotatable bonds is 6. The van der Waals surface area contributed by atoms with Crippen LogP contribution in [-0.2, 0) is 12.8 Å². The molecular weight excluding hydrogens is 384 g/mol. The predicted octanol–water partition coefficient (Wildman–Crippen LogP) is 4.61. The molecule has 3 rings (SSSR count). The van der Waals surface area contributed by atoms with Gasteiger partial charge in [0.2, 0.25) is 0 Å². The van der Waals surface area contributed by atoms with E-state index in [2.05, 4.69) is 0 Å². The Morgan fingerprint density at radius 2 is 1.17 bits per heavy atom. The lowest BCUT2D eigenvalue weighted by Gasteiger charge is -2.20. The molecule has 2 atom stereocenters. The fourth-order valence-corrected chi connectivity index (χ4v) is 3.77. The first kappa shape index (κ1) is 21.2. The molecule has 3 aromatic rings. The molecule has 0 aliphatic heterocycles. The van der Waals surface area contributed by atoms with Crippen LogP contribution in [-0.4, -0.2) is 30.6 Å². The molecule has 6 nitrogen and oxygen atoms in total. The van der Waals surface area contributed by atoms with E-state index >= 15 is 0 Å². The fraction of sp³-hybridized carbons (Fsp3) is 0.250. The predicted molar refractivity (Wildman–Crippen MR) is 114 cm³/mol. The van der Waals surface area contributed by atoms with Gasteiger partial charge in [0.15, 0.2) is 0 Å². The quantitative estimate of drug-likeness (QED) is 0.353. The highest BCUT2D eigenvalue weighted by molar-refractivity contribution is 5.52. The number of phenols is 6. The maximum Gasteiger partial charge on any atom is 0.125 e. The molecule has 6 N–H and O–H groups in total. The largest absolute Gasteiger partial charge is 0.508 e. The summed E-state index contributed by atoms with van der Waals surface area (Å²) in [6.45, 7) is 3.76. The molecule has 0 amide bonds. The Labute approximate surface area is 175 Å². The fourth-order valence-electron chi connectivity index (χ4n) is 3.77. The van der Waals surface area contributed by atoms with Crippen molar-refractivity contribution < 1.29 is 30.6 Å². The minimum absolute atomic E-state index is 0.0169. The van der Waals surface area contributed by atoms with Crippen LogP contribution in [0.4, 0.5) is 0 Å². The SMILES string of the molecule is CC(Cc1c(O)ccc(C(C)Cc2ccc(O)cc2O)c1O)c1ccc(O)cc1O. The molecule has 30 heavy (non-hydrogen) atoms. The number of benzene rings is 3. The van der Waals surface area contributed by atoms with Crippen molar-refractivity contribution in [2.24, 2.45) is 0 Å². The van der Waals surface area contributed by atoms with E-state index in [0.29, 0.717) is 28.7 Å². The Bertz CT molecular complexity index is 1060. The molecule has 3 aromatic carbocycles. The van der Waals surface area contributed by atoms with Crippen LogP contribution in [0.15, 0.2) is 48.5 Å². The summed E-state index contributed by atoms with van der Waals surface area (Å²) in [4.78, 5) is 0. The highest BCUT2D eigenvalue weighted by atomic mass is 16.3. The van der Waals surface area contributed by atoms with Gasteiger partial charge in [0.1, 0.15) is 34.5 Å². The highest BCUT2D eigenvalue weighted by Crippen LogP contribution is 2.41. The summed E-state index contributed by atoms with van der Waals surface area (Å²) >= 11 is 0. The second kappa shape index (κ2) is 8.45. The third kappa shape index (κ3) is 4.38. The van der Waals surface area contributed by atoms with Gasteiger partial charge >= 0.3 is 0 Å². The van der Waals surface area contributed by atoms with Crippen LogP contribution in [0.2, 0.25) is 0 Å². The van der Waals surface area contributed by atoms with E-state index in [1.165, 1.54) is 30.3 Å². The van der Waals surface area contributed by atoms with Crippen molar-refractivity contribution in [3.63, 3.8) is 0 Å². The highest BCUT2D eigenvalue weighted by Gasteiger charge is 2.21. The van der Waals surface area contributed by atoms with E-state index < -0.39 is 0 Å². The molecule has 2 unspecified atom stereocenters. The smallest absolute Gasteiger partial charge is 0.125 e. The van der Waals surface area contributed by atoms with Crippen LogP contribution in [0.25, 0.3) is 0 Å². The molecule has 0 radical (unpaired) electrons. The first-order chi connectivity index (χ1) is 14.2. The average Bonchev–Trinajstić information content (AvgIpc) is 2.67. The number of aromatic hydroxyl groups is 6. The minimum Gasteiger partial charge on any atom is -0.508 e. The maximum atomic E-state index is 10.9. The van der Waals surface area contributed by atoms with Crippen molar-refractivity contribution in [1.29, 1.82) is 0 Å². The van der Waals surface area contributed by atoms with Gasteiger partial charge in [0.25, 0.3) is 0 Å². The first-order valence-corrected chi connectivity index (χ1v) is 9.73. The maximum absolute atomic E-state index is 10.9. The summed E-state index contributed by atoms with van der Waals surface area (Å²) in [7, 11) is 0. The molecule has 0 spiro atoms. The molecule has 0 bridgehead atoms. The van der Waals surface area contributed by atoms with Gasteiger partial charge in [-0.2, -0.15) is 0 Å². The number of phenolic OH excluding ortho intramolecular Hbond substituents is 6. The molecule has 0 aromatic heterocycles. The Morgan fingerprint density at radius 3 is 1.80 bits per heavy atom. The zero-order valence-electron chi connectivity index (χ0n) is 16.9. The van der Waals surface area contributed by atoms with E-state index in [1.807, 2.05) is 13.8 Å². The van der Waals surface area contributed by atoms with Crippen LogP contribution in [0.5, 0.6) is 34.5 Å². The Kier molecular flexibility index (Phi) is 5.96. The third-order valence-corrected chi connectivity index (χ3v) is 5.47. The summed E-state index contributed by atoms with van der Waals surface area (Å²) in [6, 6.07) is 11.9. The zero-order valence-corrected chi connectivity index (χ0v) is 16.9. The van der Waals surface area contributed by atoms with Crippen molar-refractivity contribution in [2.45, 2.75) is 38.5 Å². The molecule has 0 aliphatic carbocycles. The summed E-state index contributed by atoms with van der Waals surface area (Å²) in [5, 5.41) is 60.3. The Morgan fingerprint density at radius 1 is 0.600 bits per heavy atom. The summed E-state index contributed by atoms with van der Waals surface area (Å²) in [6.07, 6.45) is 0.708. The van der Waals surface area contributed by atoms with Gasteiger partial charge in [-0.05, 0) is 59.6 Å². The molecule has 0 heterocycles. The van der Waals surface area contributed by atoms with Gasteiger partial charge in [-0.25, -0.2) is 0 Å². The van der Waals surface area contributed by atoms with Crippen LogP contribution in [0.1, 0.15) is 47.9 Å². The summed E-state index contributed by atoms with van der Waals surface area (Å²) in [5.74, 6) is -0.587. The van der Waals surface area contributed by atoms with Gasteiger partial charge in [-0.15, -0.1) is 0 Å². The lowest BCUT2D eigenvalue weighted by Crippen LogP contribution is -2.04. The van der Waals surface area contributed by atoms with Crippen molar-refractivity contribution in [3.8, 4) is 34.5 Å².